The molecule has 308 valence electrons. The fourth-order valence-corrected chi connectivity index (χ4v) is 6.48. The monoisotopic (exact) mass is 799 g/mol. The molecule has 0 radical (unpaired) electrons. The summed E-state index contributed by atoms with van der Waals surface area (Å²) < 4.78 is 44.4. The van der Waals surface area contributed by atoms with Crippen LogP contribution in [0.1, 0.15) is 89.3 Å². The van der Waals surface area contributed by atoms with Gasteiger partial charge in [0.05, 0.1) is 30.3 Å². The first-order chi connectivity index (χ1) is 27.4. The van der Waals surface area contributed by atoms with Crippen LogP contribution in [0.5, 0.6) is 5.75 Å². The lowest BCUT2D eigenvalue weighted by atomic mass is 9.78. The number of rotatable bonds is 16. The predicted octanol–water partition coefficient (Wildman–Crippen LogP) is 7.06. The molecule has 5 rings (SSSR count). The van der Waals surface area contributed by atoms with Gasteiger partial charge < -0.3 is 34.9 Å². The molecule has 1 aliphatic rings. The van der Waals surface area contributed by atoms with Crippen LogP contribution in [0.4, 0.5) is 14.5 Å². The number of aliphatic hydroxyl groups excluding tert-OH is 1. The average molecular weight is 800 g/mol. The van der Waals surface area contributed by atoms with Crippen LogP contribution in [0, 0.1) is 17.6 Å². The molecular weight excluding hydrogens is 749 g/mol. The van der Waals surface area contributed by atoms with Crippen LogP contribution in [0.2, 0.25) is 0 Å². The van der Waals surface area contributed by atoms with Crippen molar-refractivity contribution in [2.75, 3.05) is 18.1 Å². The number of esters is 1. The molecule has 4 aromatic carbocycles. The summed E-state index contributed by atoms with van der Waals surface area (Å²) in [5.74, 6) is -3.16. The van der Waals surface area contributed by atoms with Crippen LogP contribution in [-0.4, -0.2) is 59.3 Å². The van der Waals surface area contributed by atoms with Crippen LogP contribution in [-0.2, 0) is 28.7 Å². The summed E-state index contributed by atoms with van der Waals surface area (Å²) in [5.41, 5.74) is 0.842. The summed E-state index contributed by atoms with van der Waals surface area (Å²) in [4.78, 5) is 55.3. The molecule has 0 aliphatic carbocycles. The van der Waals surface area contributed by atoms with E-state index in [0.717, 1.165) is 5.56 Å². The van der Waals surface area contributed by atoms with Crippen molar-refractivity contribution >= 4 is 29.4 Å². The molecule has 13 heteroatoms. The summed E-state index contributed by atoms with van der Waals surface area (Å²) in [6.07, 6.45) is -0.325. The highest BCUT2D eigenvalue weighted by atomic mass is 19.1. The first kappa shape index (κ1) is 43.5. The number of carbonyl (C=O) groups excluding carboxylic acids is 4. The van der Waals surface area contributed by atoms with E-state index in [1.807, 2.05) is 20.8 Å². The Morgan fingerprint density at radius 3 is 1.97 bits per heavy atom. The number of halogens is 2. The quantitative estimate of drug-likeness (QED) is 0.0808. The van der Waals surface area contributed by atoms with E-state index in [1.54, 1.807) is 80.3 Å². The van der Waals surface area contributed by atoms with Gasteiger partial charge in [0.2, 0.25) is 11.8 Å². The molecule has 0 spiro atoms. The van der Waals surface area contributed by atoms with Crippen molar-refractivity contribution < 1.29 is 47.3 Å². The number of aliphatic hydroxyl groups is 1. The molecule has 5 atom stereocenters. The van der Waals surface area contributed by atoms with E-state index in [9.17, 15) is 33.1 Å². The second-order valence-electron chi connectivity index (χ2n) is 16.2. The van der Waals surface area contributed by atoms with Crippen LogP contribution < -0.4 is 20.3 Å². The maximum absolute atomic E-state index is 13.8. The normalized spacial score (nSPS) is 17.1. The largest absolute Gasteiger partial charge is 0.484 e. The van der Waals surface area contributed by atoms with E-state index >= 15 is 0 Å². The Morgan fingerprint density at radius 1 is 0.776 bits per heavy atom. The Hall–Kier alpha value is -5.66. The van der Waals surface area contributed by atoms with E-state index in [-0.39, 0.29) is 18.9 Å². The molecule has 1 heterocycles. The van der Waals surface area contributed by atoms with Crippen molar-refractivity contribution in [3.05, 3.63) is 131 Å². The predicted molar refractivity (Wildman–Crippen MR) is 213 cm³/mol. The minimum absolute atomic E-state index is 0.159. The van der Waals surface area contributed by atoms with Crippen molar-refractivity contribution in [2.24, 2.45) is 5.92 Å². The Morgan fingerprint density at radius 2 is 1.38 bits per heavy atom. The summed E-state index contributed by atoms with van der Waals surface area (Å²) in [7, 11) is 0. The standard InChI is InChI=1S/C45H51F2N3O8/c1-44(2,3)57-26-36(43(55)58-45(4,5)6)48-41(53)39(29-10-8-7-9-11-29)49-38(52)27-56-34-22-14-30(15-23-34)40-35(24-25-37(51)28-12-16-31(46)17-13-28)42(54)50(40)33-20-18-32(47)19-21-33/h7-23,35-37,39-40,51H,24-27H2,1-6H3,(H,48,53)(H,49,52). The van der Waals surface area contributed by atoms with Gasteiger partial charge in [-0.2, -0.15) is 0 Å². The number of anilines is 1. The third-order valence-electron chi connectivity index (χ3n) is 9.31. The molecule has 1 aliphatic heterocycles. The maximum Gasteiger partial charge on any atom is 0.331 e. The highest BCUT2D eigenvalue weighted by Crippen LogP contribution is 2.46. The van der Waals surface area contributed by atoms with Crippen molar-refractivity contribution in [3.8, 4) is 5.75 Å². The molecular formula is C45H51F2N3O8. The molecule has 1 fully saturated rings. The number of nitrogens with one attached hydrogen (secondary N) is 2. The number of β-lactam (4-membered cyclic amide) rings is 1. The zero-order chi connectivity index (χ0) is 42.2. The van der Waals surface area contributed by atoms with Gasteiger partial charge in [0.1, 0.15) is 29.0 Å². The molecule has 11 nitrogen and oxygen atoms in total. The number of nitrogens with zero attached hydrogens (tertiary/aromatic N) is 1. The van der Waals surface area contributed by atoms with Gasteiger partial charge in [-0.15, -0.1) is 0 Å². The van der Waals surface area contributed by atoms with Crippen LogP contribution >= 0.6 is 0 Å². The zero-order valence-electron chi connectivity index (χ0n) is 33.5. The number of carbonyl (C=O) groups is 4. The highest BCUT2D eigenvalue weighted by Gasteiger charge is 2.48. The number of ether oxygens (including phenoxy) is 3. The highest BCUT2D eigenvalue weighted by molar-refractivity contribution is 6.03. The second-order valence-corrected chi connectivity index (χ2v) is 16.2. The molecule has 0 saturated carbocycles. The van der Waals surface area contributed by atoms with E-state index < -0.39 is 77.4 Å². The molecule has 5 unspecified atom stereocenters. The molecule has 4 aromatic rings. The van der Waals surface area contributed by atoms with Crippen LogP contribution in [0.3, 0.4) is 0 Å². The minimum Gasteiger partial charge on any atom is -0.484 e. The van der Waals surface area contributed by atoms with Gasteiger partial charge in [0, 0.05) is 5.69 Å². The van der Waals surface area contributed by atoms with E-state index in [4.69, 9.17) is 14.2 Å². The van der Waals surface area contributed by atoms with Gasteiger partial charge in [-0.1, -0.05) is 54.6 Å². The first-order valence-electron chi connectivity index (χ1n) is 19.1. The van der Waals surface area contributed by atoms with Crippen molar-refractivity contribution in [1.29, 1.82) is 0 Å². The number of hydrogen-bond donors (Lipinski definition) is 3. The van der Waals surface area contributed by atoms with Crippen LogP contribution in [0.25, 0.3) is 0 Å². The summed E-state index contributed by atoms with van der Waals surface area (Å²) in [6.45, 7) is 10.0. The third kappa shape index (κ3) is 11.9. The lowest BCUT2D eigenvalue weighted by molar-refractivity contribution is -0.162. The van der Waals surface area contributed by atoms with Gasteiger partial charge in [-0.3, -0.25) is 14.4 Å². The molecule has 1 saturated heterocycles. The molecule has 3 N–H and O–H groups in total. The number of hydrogen-bond acceptors (Lipinski definition) is 8. The van der Waals surface area contributed by atoms with Gasteiger partial charge in [-0.25, -0.2) is 13.6 Å². The topological polar surface area (TPSA) is 144 Å². The smallest absolute Gasteiger partial charge is 0.331 e. The molecule has 58 heavy (non-hydrogen) atoms. The fourth-order valence-electron chi connectivity index (χ4n) is 6.48. The first-order valence-corrected chi connectivity index (χ1v) is 19.1. The summed E-state index contributed by atoms with van der Waals surface area (Å²) in [6, 6.07) is 23.8. The van der Waals surface area contributed by atoms with Crippen molar-refractivity contribution in [2.45, 2.75) is 89.8 Å². The lowest BCUT2D eigenvalue weighted by Crippen LogP contribution is -2.55. The number of benzene rings is 4. The Kier molecular flexibility index (Phi) is 14.0. The van der Waals surface area contributed by atoms with Gasteiger partial charge in [-0.05, 0) is 120 Å². The number of amides is 3. The Labute approximate surface area is 337 Å². The van der Waals surface area contributed by atoms with E-state index in [0.29, 0.717) is 29.0 Å². The average Bonchev–Trinajstić information content (AvgIpc) is 3.17. The SMILES string of the molecule is CC(C)(C)OCC(NC(=O)C(NC(=O)COc1ccc(C2C(CCC(O)c3ccc(F)cc3)C(=O)N2c2ccc(F)cc2)cc1)c1ccccc1)C(=O)OC(C)(C)C. The van der Waals surface area contributed by atoms with Gasteiger partial charge >= 0.3 is 5.97 Å². The summed E-state index contributed by atoms with van der Waals surface area (Å²) in [5, 5.41) is 16.2. The molecule has 0 bridgehead atoms. The Balaban J connectivity index is 1.26. The second kappa shape index (κ2) is 18.7. The van der Waals surface area contributed by atoms with E-state index in [2.05, 4.69) is 10.6 Å². The van der Waals surface area contributed by atoms with Gasteiger partial charge in [0.15, 0.2) is 12.6 Å². The van der Waals surface area contributed by atoms with Gasteiger partial charge in [0.25, 0.3) is 5.91 Å². The zero-order valence-corrected chi connectivity index (χ0v) is 33.5. The minimum atomic E-state index is -1.19. The summed E-state index contributed by atoms with van der Waals surface area (Å²) >= 11 is 0. The Bertz CT molecular complexity index is 2010. The van der Waals surface area contributed by atoms with Crippen molar-refractivity contribution in [3.63, 3.8) is 0 Å². The third-order valence-corrected chi connectivity index (χ3v) is 9.31. The van der Waals surface area contributed by atoms with Crippen molar-refractivity contribution in [1.82, 2.24) is 10.6 Å². The fraction of sp³-hybridized carbons (Fsp3) is 0.378. The molecule has 0 aromatic heterocycles. The molecule has 3 amide bonds. The maximum atomic E-state index is 13.8. The lowest BCUT2D eigenvalue weighted by Gasteiger charge is -2.48. The van der Waals surface area contributed by atoms with Crippen LogP contribution in [0.15, 0.2) is 103 Å². The van der Waals surface area contributed by atoms with E-state index in [1.165, 1.54) is 48.5 Å².